The molecule has 1 atom stereocenters. The van der Waals surface area contributed by atoms with Crippen LogP contribution >= 0.6 is 0 Å². The van der Waals surface area contributed by atoms with Gasteiger partial charge in [0.15, 0.2) is 11.2 Å². The lowest BCUT2D eigenvalue weighted by Crippen LogP contribution is -2.33. The average Bonchev–Trinajstić information content (AvgIpc) is 3.47. The second-order valence-electron chi connectivity index (χ2n) is 7.90. The molecule has 1 spiro atoms. The standard InChI is InChI=1S/C22H19N7O2/c1-12-23-9-14(10-24-12)19-28-18-17(25-11-26-20(18)29(19)2)13-4-5-16-15(8-13)22(21(30)27-16)6-3-7-31-22/h4-5,8-11H,3,6-7H2,1-2H3,(H,27,30). The molecule has 1 amide bonds. The van der Waals surface area contributed by atoms with Crippen molar-refractivity contribution in [2.24, 2.45) is 7.05 Å². The lowest BCUT2D eigenvalue weighted by Gasteiger charge is -2.20. The van der Waals surface area contributed by atoms with Crippen molar-refractivity contribution in [1.29, 1.82) is 0 Å². The van der Waals surface area contributed by atoms with Gasteiger partial charge in [0.25, 0.3) is 5.91 Å². The summed E-state index contributed by atoms with van der Waals surface area (Å²) >= 11 is 0. The summed E-state index contributed by atoms with van der Waals surface area (Å²) in [5.74, 6) is 1.32. The van der Waals surface area contributed by atoms with Gasteiger partial charge in [-0.15, -0.1) is 0 Å². The Morgan fingerprint density at radius 2 is 1.97 bits per heavy atom. The van der Waals surface area contributed by atoms with Crippen LogP contribution in [0, 0.1) is 6.92 Å². The Bertz CT molecular complexity index is 1350. The van der Waals surface area contributed by atoms with E-state index in [1.807, 2.05) is 36.7 Å². The van der Waals surface area contributed by atoms with Crippen LogP contribution in [-0.2, 0) is 22.2 Å². The molecule has 1 unspecified atom stereocenters. The first-order valence-electron chi connectivity index (χ1n) is 10.1. The molecule has 0 aliphatic carbocycles. The first kappa shape index (κ1) is 18.1. The number of nitrogens with zero attached hydrogens (tertiary/aromatic N) is 6. The van der Waals surface area contributed by atoms with Crippen molar-refractivity contribution in [2.45, 2.75) is 25.4 Å². The van der Waals surface area contributed by atoms with Crippen molar-refractivity contribution >= 4 is 22.8 Å². The van der Waals surface area contributed by atoms with Crippen LogP contribution in [0.1, 0.15) is 24.2 Å². The quantitative estimate of drug-likeness (QED) is 0.538. The predicted molar refractivity (Wildman–Crippen MR) is 113 cm³/mol. The van der Waals surface area contributed by atoms with Gasteiger partial charge < -0.3 is 14.6 Å². The second-order valence-corrected chi connectivity index (χ2v) is 7.90. The zero-order valence-electron chi connectivity index (χ0n) is 17.1. The summed E-state index contributed by atoms with van der Waals surface area (Å²) in [5.41, 5.74) is 4.52. The van der Waals surface area contributed by atoms with Crippen molar-refractivity contribution < 1.29 is 9.53 Å². The Hall–Kier alpha value is -3.72. The summed E-state index contributed by atoms with van der Waals surface area (Å²) in [4.78, 5) is 35.0. The van der Waals surface area contributed by atoms with Crippen molar-refractivity contribution in [3.8, 4) is 22.6 Å². The number of anilines is 1. The number of amides is 1. The fourth-order valence-electron chi connectivity index (χ4n) is 4.49. The van der Waals surface area contributed by atoms with Crippen molar-refractivity contribution in [3.63, 3.8) is 0 Å². The van der Waals surface area contributed by atoms with Crippen LogP contribution in [0.5, 0.6) is 0 Å². The zero-order chi connectivity index (χ0) is 21.2. The maximum absolute atomic E-state index is 12.7. The van der Waals surface area contributed by atoms with Crippen molar-refractivity contribution in [3.05, 3.63) is 48.3 Å². The monoisotopic (exact) mass is 413 g/mol. The highest BCUT2D eigenvalue weighted by atomic mass is 16.5. The van der Waals surface area contributed by atoms with Gasteiger partial charge in [-0.1, -0.05) is 6.07 Å². The molecule has 6 rings (SSSR count). The first-order chi connectivity index (χ1) is 15.1. The van der Waals surface area contributed by atoms with Gasteiger partial charge in [-0.2, -0.15) is 0 Å². The summed E-state index contributed by atoms with van der Waals surface area (Å²) < 4.78 is 7.84. The average molecular weight is 413 g/mol. The lowest BCUT2D eigenvalue weighted by atomic mass is 9.90. The minimum Gasteiger partial charge on any atom is -0.360 e. The third-order valence-corrected chi connectivity index (χ3v) is 6.06. The number of rotatable bonds is 2. The minimum atomic E-state index is -0.897. The molecule has 4 aromatic rings. The highest BCUT2D eigenvalue weighted by molar-refractivity contribution is 6.06. The number of aryl methyl sites for hydroxylation is 2. The van der Waals surface area contributed by atoms with E-state index in [0.717, 1.165) is 28.8 Å². The number of hydrogen-bond acceptors (Lipinski definition) is 7. The van der Waals surface area contributed by atoms with E-state index in [1.54, 1.807) is 12.4 Å². The van der Waals surface area contributed by atoms with Gasteiger partial charge in [0.05, 0.1) is 5.56 Å². The fraction of sp³-hybridized carbons (Fsp3) is 0.273. The van der Waals surface area contributed by atoms with Gasteiger partial charge in [-0.3, -0.25) is 4.79 Å². The van der Waals surface area contributed by atoms with E-state index in [4.69, 9.17) is 9.72 Å². The molecule has 2 aliphatic rings. The van der Waals surface area contributed by atoms with Crippen molar-refractivity contribution in [1.82, 2.24) is 29.5 Å². The maximum Gasteiger partial charge on any atom is 0.261 e. The van der Waals surface area contributed by atoms with E-state index in [0.29, 0.717) is 41.5 Å². The molecular weight excluding hydrogens is 394 g/mol. The van der Waals surface area contributed by atoms with Crippen LogP contribution in [0.4, 0.5) is 5.69 Å². The van der Waals surface area contributed by atoms with E-state index >= 15 is 0 Å². The molecular formula is C22H19N7O2. The SMILES string of the molecule is Cc1ncc(-c2nc3c(-c4ccc5c(c4)C4(CCCO4)C(=O)N5)ncnc3n2C)cn1. The molecule has 3 aromatic heterocycles. The smallest absolute Gasteiger partial charge is 0.261 e. The minimum absolute atomic E-state index is 0.0931. The highest BCUT2D eigenvalue weighted by Gasteiger charge is 2.50. The summed E-state index contributed by atoms with van der Waals surface area (Å²) in [6.45, 7) is 2.42. The molecule has 9 nitrogen and oxygen atoms in total. The van der Waals surface area contributed by atoms with Crippen LogP contribution < -0.4 is 5.32 Å². The molecule has 1 aromatic carbocycles. The zero-order valence-corrected chi connectivity index (χ0v) is 17.1. The predicted octanol–water partition coefficient (Wildman–Crippen LogP) is 2.75. The van der Waals surface area contributed by atoms with E-state index in [1.165, 1.54) is 6.33 Å². The molecule has 5 heterocycles. The summed E-state index contributed by atoms with van der Waals surface area (Å²) in [7, 11) is 1.91. The number of hydrogen-bond donors (Lipinski definition) is 1. The number of carbonyl (C=O) groups is 1. The molecule has 0 bridgehead atoms. The van der Waals surface area contributed by atoms with Gasteiger partial charge in [0.2, 0.25) is 0 Å². The van der Waals surface area contributed by atoms with Gasteiger partial charge >= 0.3 is 0 Å². The van der Waals surface area contributed by atoms with E-state index in [9.17, 15) is 4.79 Å². The summed E-state index contributed by atoms with van der Waals surface area (Å²) in [6, 6.07) is 5.84. The molecule has 2 aliphatic heterocycles. The normalized spacial score (nSPS) is 19.9. The van der Waals surface area contributed by atoms with Gasteiger partial charge in [0.1, 0.15) is 29.2 Å². The molecule has 0 saturated carbocycles. The number of aromatic nitrogens is 6. The Labute approximate surface area is 177 Å². The van der Waals surface area contributed by atoms with Crippen LogP contribution in [0.15, 0.2) is 36.9 Å². The number of benzene rings is 1. The molecule has 9 heteroatoms. The number of nitrogens with one attached hydrogen (secondary N) is 1. The number of imidazole rings is 1. The van der Waals surface area contributed by atoms with Crippen LogP contribution in [-0.4, -0.2) is 42.0 Å². The molecule has 1 fully saturated rings. The summed E-state index contributed by atoms with van der Waals surface area (Å²) in [5, 5.41) is 2.95. The highest BCUT2D eigenvalue weighted by Crippen LogP contribution is 2.46. The summed E-state index contributed by atoms with van der Waals surface area (Å²) in [6.07, 6.45) is 6.58. The largest absolute Gasteiger partial charge is 0.360 e. The van der Waals surface area contributed by atoms with Crippen LogP contribution in [0.25, 0.3) is 33.8 Å². The molecule has 31 heavy (non-hydrogen) atoms. The van der Waals surface area contributed by atoms with Gasteiger partial charge in [-0.05, 0) is 31.9 Å². The van der Waals surface area contributed by atoms with Gasteiger partial charge in [0, 0.05) is 42.9 Å². The van der Waals surface area contributed by atoms with Crippen molar-refractivity contribution in [2.75, 3.05) is 11.9 Å². The third-order valence-electron chi connectivity index (χ3n) is 6.06. The molecule has 154 valence electrons. The second kappa shape index (κ2) is 6.39. The Morgan fingerprint density at radius 1 is 1.13 bits per heavy atom. The van der Waals surface area contributed by atoms with Gasteiger partial charge in [-0.25, -0.2) is 24.9 Å². The van der Waals surface area contributed by atoms with Crippen LogP contribution in [0.2, 0.25) is 0 Å². The topological polar surface area (TPSA) is 108 Å². The Kier molecular flexibility index (Phi) is 3.73. The number of carbonyl (C=O) groups excluding carboxylic acids is 1. The lowest BCUT2D eigenvalue weighted by molar-refractivity contribution is -0.135. The third kappa shape index (κ3) is 2.53. The van der Waals surface area contributed by atoms with Crippen LogP contribution in [0.3, 0.4) is 0 Å². The fourth-order valence-corrected chi connectivity index (χ4v) is 4.49. The number of fused-ring (bicyclic) bond motifs is 3. The van der Waals surface area contributed by atoms with E-state index in [2.05, 4.69) is 25.3 Å². The van der Waals surface area contributed by atoms with E-state index in [-0.39, 0.29) is 5.91 Å². The molecule has 1 N–H and O–H groups in total. The van der Waals surface area contributed by atoms with E-state index < -0.39 is 5.60 Å². The maximum atomic E-state index is 12.7. The molecule has 1 saturated heterocycles. The first-order valence-corrected chi connectivity index (χ1v) is 10.1. The Balaban J connectivity index is 1.52. The number of ether oxygens (including phenoxy) is 1. The Morgan fingerprint density at radius 3 is 2.74 bits per heavy atom. The molecule has 0 radical (unpaired) electrons.